The van der Waals surface area contributed by atoms with Crippen LogP contribution in [0.5, 0.6) is 5.75 Å². The first-order valence-corrected chi connectivity index (χ1v) is 9.13. The summed E-state index contributed by atoms with van der Waals surface area (Å²) in [7, 11) is -2.03. The number of benzene rings is 1. The van der Waals surface area contributed by atoms with Gasteiger partial charge in [-0.3, -0.25) is 0 Å². The third kappa shape index (κ3) is 5.49. The molecular weight excluding hydrogens is 310 g/mol. The van der Waals surface area contributed by atoms with E-state index in [-0.39, 0.29) is 4.90 Å². The fourth-order valence-corrected chi connectivity index (χ4v) is 3.53. The van der Waals surface area contributed by atoms with Gasteiger partial charge in [-0.1, -0.05) is 44.7 Å². The second-order valence-corrected chi connectivity index (χ2v) is 7.24. The van der Waals surface area contributed by atoms with E-state index in [0.29, 0.717) is 23.2 Å². The van der Waals surface area contributed by atoms with Crippen molar-refractivity contribution >= 4 is 21.6 Å². The van der Waals surface area contributed by atoms with Crippen molar-refractivity contribution in [3.05, 3.63) is 23.2 Å². The molecule has 0 heterocycles. The molecule has 1 unspecified atom stereocenters. The van der Waals surface area contributed by atoms with E-state index in [4.69, 9.17) is 16.3 Å². The summed E-state index contributed by atoms with van der Waals surface area (Å²) in [6, 6.07) is 4.47. The first-order valence-electron chi connectivity index (χ1n) is 7.27. The molecule has 6 heteroatoms. The molecule has 0 fully saturated rings. The normalized spacial score (nSPS) is 13.1. The number of nitrogens with one attached hydrogen (secondary N) is 1. The predicted molar refractivity (Wildman–Crippen MR) is 86.5 cm³/mol. The van der Waals surface area contributed by atoms with Gasteiger partial charge in [0, 0.05) is 6.54 Å². The quantitative estimate of drug-likeness (QED) is 0.747. The van der Waals surface area contributed by atoms with Gasteiger partial charge in [0.15, 0.2) is 0 Å². The molecule has 0 spiro atoms. The Morgan fingerprint density at radius 1 is 1.33 bits per heavy atom. The highest BCUT2D eigenvalue weighted by Gasteiger charge is 2.17. The average Bonchev–Trinajstić information content (AvgIpc) is 2.47. The Labute approximate surface area is 132 Å². The zero-order valence-corrected chi connectivity index (χ0v) is 14.4. The van der Waals surface area contributed by atoms with Gasteiger partial charge in [0.1, 0.15) is 5.75 Å². The fourth-order valence-electron chi connectivity index (χ4n) is 2.07. The Hall–Kier alpha value is -0.780. The highest BCUT2D eigenvalue weighted by molar-refractivity contribution is 7.89. The monoisotopic (exact) mass is 333 g/mol. The van der Waals surface area contributed by atoms with Crippen LogP contribution in [0.15, 0.2) is 23.1 Å². The van der Waals surface area contributed by atoms with Crippen LogP contribution < -0.4 is 9.46 Å². The summed E-state index contributed by atoms with van der Waals surface area (Å²) in [4.78, 5) is 0.165. The minimum atomic E-state index is -3.53. The molecule has 0 aromatic heterocycles. The fraction of sp³-hybridized carbons (Fsp3) is 0.600. The van der Waals surface area contributed by atoms with Gasteiger partial charge in [-0.2, -0.15) is 0 Å². The third-order valence-corrected chi connectivity index (χ3v) is 5.26. The Morgan fingerprint density at radius 3 is 2.57 bits per heavy atom. The van der Waals surface area contributed by atoms with Gasteiger partial charge in [-0.05, 0) is 30.5 Å². The molecule has 1 atom stereocenters. The second-order valence-electron chi connectivity index (χ2n) is 5.06. The van der Waals surface area contributed by atoms with Crippen LogP contribution in [0.2, 0.25) is 5.02 Å². The van der Waals surface area contributed by atoms with Gasteiger partial charge < -0.3 is 4.74 Å². The van der Waals surface area contributed by atoms with Crippen LogP contribution in [0.3, 0.4) is 0 Å². The van der Waals surface area contributed by atoms with Gasteiger partial charge in [-0.15, -0.1) is 0 Å². The molecule has 120 valence electrons. The van der Waals surface area contributed by atoms with Crippen LogP contribution in [-0.2, 0) is 10.0 Å². The lowest BCUT2D eigenvalue weighted by atomic mass is 10.00. The highest BCUT2D eigenvalue weighted by Crippen LogP contribution is 2.27. The van der Waals surface area contributed by atoms with Gasteiger partial charge in [0.05, 0.1) is 17.0 Å². The Bertz CT molecular complexity index is 546. The van der Waals surface area contributed by atoms with Crippen LogP contribution in [0.4, 0.5) is 0 Å². The molecule has 0 saturated carbocycles. The predicted octanol–water partition coefficient (Wildman–Crippen LogP) is 3.84. The van der Waals surface area contributed by atoms with Gasteiger partial charge in [0.2, 0.25) is 10.0 Å². The van der Waals surface area contributed by atoms with Crippen molar-refractivity contribution in [2.45, 2.75) is 44.4 Å². The molecule has 4 nitrogen and oxygen atoms in total. The van der Waals surface area contributed by atoms with Crippen LogP contribution >= 0.6 is 11.6 Å². The minimum Gasteiger partial charge on any atom is -0.495 e. The van der Waals surface area contributed by atoms with Crippen molar-refractivity contribution in [1.29, 1.82) is 0 Å². The number of sulfonamides is 1. The molecule has 1 rings (SSSR count). The largest absolute Gasteiger partial charge is 0.495 e. The van der Waals surface area contributed by atoms with Crippen LogP contribution in [0.1, 0.15) is 39.5 Å². The molecule has 0 aliphatic carbocycles. The lowest BCUT2D eigenvalue weighted by Crippen LogP contribution is -2.29. The lowest BCUT2D eigenvalue weighted by Gasteiger charge is -2.15. The molecule has 1 N–H and O–H groups in total. The summed E-state index contributed by atoms with van der Waals surface area (Å²) in [5.41, 5.74) is 0. The Balaban J connectivity index is 2.74. The topological polar surface area (TPSA) is 55.4 Å². The summed E-state index contributed by atoms with van der Waals surface area (Å²) < 4.78 is 32.2. The van der Waals surface area contributed by atoms with E-state index in [1.165, 1.54) is 19.2 Å². The summed E-state index contributed by atoms with van der Waals surface area (Å²) in [5.74, 6) is 0.832. The molecule has 0 aliphatic heterocycles. The van der Waals surface area contributed by atoms with Crippen molar-refractivity contribution in [3.8, 4) is 5.75 Å². The molecule has 21 heavy (non-hydrogen) atoms. The first-order chi connectivity index (χ1) is 9.94. The standard InChI is InChI=1S/C15H24ClNO3S/c1-4-6-7-12(5-2)11-17-21(18,19)13-8-9-15(20-3)14(16)10-13/h8-10,12,17H,4-7,11H2,1-3H3. The van der Waals surface area contributed by atoms with E-state index in [0.717, 1.165) is 25.7 Å². The van der Waals surface area contributed by atoms with Gasteiger partial charge in [0.25, 0.3) is 0 Å². The number of hydrogen-bond acceptors (Lipinski definition) is 3. The number of hydrogen-bond donors (Lipinski definition) is 1. The maximum atomic E-state index is 12.3. The van der Waals surface area contributed by atoms with Crippen LogP contribution in [0.25, 0.3) is 0 Å². The zero-order chi connectivity index (χ0) is 15.9. The third-order valence-electron chi connectivity index (χ3n) is 3.54. The van der Waals surface area contributed by atoms with Crippen molar-refractivity contribution in [2.24, 2.45) is 5.92 Å². The number of unbranched alkanes of at least 4 members (excludes halogenated alkanes) is 1. The SMILES string of the molecule is CCCCC(CC)CNS(=O)(=O)c1ccc(OC)c(Cl)c1. The molecule has 0 saturated heterocycles. The van der Waals surface area contributed by atoms with E-state index in [1.807, 2.05) is 0 Å². The highest BCUT2D eigenvalue weighted by atomic mass is 35.5. The summed E-state index contributed by atoms with van der Waals surface area (Å²) >= 11 is 5.98. The van der Waals surface area contributed by atoms with Crippen molar-refractivity contribution in [2.75, 3.05) is 13.7 Å². The summed E-state index contributed by atoms with van der Waals surface area (Å²) in [6.45, 7) is 4.68. The smallest absolute Gasteiger partial charge is 0.240 e. The second kappa shape index (κ2) is 8.61. The van der Waals surface area contributed by atoms with Crippen molar-refractivity contribution in [3.63, 3.8) is 0 Å². The van der Waals surface area contributed by atoms with Gasteiger partial charge >= 0.3 is 0 Å². The Morgan fingerprint density at radius 2 is 2.05 bits per heavy atom. The molecule has 0 aliphatic rings. The summed E-state index contributed by atoms with van der Waals surface area (Å²) in [5, 5.41) is 0.290. The van der Waals surface area contributed by atoms with E-state index < -0.39 is 10.0 Å². The molecular formula is C15H24ClNO3S. The number of rotatable bonds is 9. The first kappa shape index (κ1) is 18.3. The van der Waals surface area contributed by atoms with Crippen molar-refractivity contribution < 1.29 is 13.2 Å². The Kier molecular flexibility index (Phi) is 7.49. The molecule has 0 bridgehead atoms. The van der Waals surface area contributed by atoms with E-state index >= 15 is 0 Å². The molecule has 0 amide bonds. The zero-order valence-electron chi connectivity index (χ0n) is 12.9. The molecule has 1 aromatic rings. The van der Waals surface area contributed by atoms with E-state index in [1.54, 1.807) is 6.07 Å². The summed E-state index contributed by atoms with van der Waals surface area (Å²) in [6.07, 6.45) is 4.25. The maximum absolute atomic E-state index is 12.3. The average molecular weight is 334 g/mol. The maximum Gasteiger partial charge on any atom is 0.240 e. The number of methoxy groups -OCH3 is 1. The van der Waals surface area contributed by atoms with E-state index in [2.05, 4.69) is 18.6 Å². The van der Waals surface area contributed by atoms with Crippen LogP contribution in [-0.4, -0.2) is 22.1 Å². The number of halogens is 1. The van der Waals surface area contributed by atoms with E-state index in [9.17, 15) is 8.42 Å². The molecule has 1 aromatic carbocycles. The minimum absolute atomic E-state index is 0.165. The molecule has 0 radical (unpaired) electrons. The van der Waals surface area contributed by atoms with Gasteiger partial charge in [-0.25, -0.2) is 13.1 Å². The van der Waals surface area contributed by atoms with Crippen molar-refractivity contribution in [1.82, 2.24) is 4.72 Å². The van der Waals surface area contributed by atoms with Crippen LogP contribution in [0, 0.1) is 5.92 Å². The lowest BCUT2D eigenvalue weighted by molar-refractivity contribution is 0.414. The number of ether oxygens (including phenoxy) is 1.